The van der Waals surface area contributed by atoms with Crippen molar-refractivity contribution in [3.8, 4) is 0 Å². The number of hydrogen-bond acceptors (Lipinski definition) is 3. The minimum Gasteiger partial charge on any atom is -0.333 e. The minimum absolute atomic E-state index is 0.577. The number of nitrogens with zero attached hydrogens (tertiary/aromatic N) is 2. The summed E-state index contributed by atoms with van der Waals surface area (Å²) in [6, 6.07) is 5.68. The van der Waals surface area contributed by atoms with Crippen molar-refractivity contribution in [1.29, 1.82) is 0 Å². The molecule has 2 atom stereocenters. The fourth-order valence-electron chi connectivity index (χ4n) is 2.94. The van der Waals surface area contributed by atoms with E-state index in [1.165, 1.54) is 29.0 Å². The zero-order valence-electron chi connectivity index (χ0n) is 11.4. The smallest absolute Gasteiger partial charge is 0.0949 e. The van der Waals surface area contributed by atoms with Gasteiger partial charge in [0.1, 0.15) is 0 Å². The summed E-state index contributed by atoms with van der Waals surface area (Å²) in [5, 5.41) is 3.74. The summed E-state index contributed by atoms with van der Waals surface area (Å²) in [6.45, 7) is 3.22. The molecule has 0 aliphatic heterocycles. The molecule has 1 aliphatic carbocycles. The van der Waals surface area contributed by atoms with Crippen molar-refractivity contribution >= 4 is 11.3 Å². The summed E-state index contributed by atoms with van der Waals surface area (Å²) in [7, 11) is 0. The van der Waals surface area contributed by atoms with Gasteiger partial charge in [-0.25, -0.2) is 4.98 Å². The van der Waals surface area contributed by atoms with Crippen LogP contribution >= 0.6 is 11.3 Å². The summed E-state index contributed by atoms with van der Waals surface area (Å²) < 4.78 is 2.26. The van der Waals surface area contributed by atoms with E-state index in [4.69, 9.17) is 0 Å². The van der Waals surface area contributed by atoms with Crippen LogP contribution in [0.15, 0.2) is 30.9 Å². The molecule has 1 fully saturated rings. The molecule has 0 aromatic carbocycles. The predicted molar refractivity (Wildman–Crippen MR) is 79.4 cm³/mol. The highest BCUT2D eigenvalue weighted by molar-refractivity contribution is 7.11. The quantitative estimate of drug-likeness (QED) is 0.906. The topological polar surface area (TPSA) is 29.9 Å². The molecular formula is C15H21N3S. The second-order valence-electron chi connectivity index (χ2n) is 5.22. The first-order valence-electron chi connectivity index (χ1n) is 7.15. The van der Waals surface area contributed by atoms with Gasteiger partial charge >= 0.3 is 0 Å². The molecule has 0 saturated heterocycles. The zero-order chi connectivity index (χ0) is 13.1. The lowest BCUT2D eigenvalue weighted by atomic mass is 10.1. The van der Waals surface area contributed by atoms with Crippen LogP contribution in [0.2, 0.25) is 0 Å². The number of rotatable bonds is 5. The van der Waals surface area contributed by atoms with Crippen molar-refractivity contribution in [2.75, 3.05) is 0 Å². The van der Waals surface area contributed by atoms with Crippen LogP contribution < -0.4 is 5.32 Å². The van der Waals surface area contributed by atoms with Crippen LogP contribution in [0.25, 0.3) is 0 Å². The average molecular weight is 275 g/mol. The first kappa shape index (κ1) is 12.9. The van der Waals surface area contributed by atoms with Crippen LogP contribution in [0.4, 0.5) is 0 Å². The van der Waals surface area contributed by atoms with Crippen molar-refractivity contribution in [2.24, 2.45) is 0 Å². The van der Waals surface area contributed by atoms with Crippen LogP contribution in [0.3, 0.4) is 0 Å². The Balaban J connectivity index is 1.60. The Morgan fingerprint density at radius 3 is 3.00 bits per heavy atom. The Labute approximate surface area is 118 Å². The largest absolute Gasteiger partial charge is 0.333 e. The van der Waals surface area contributed by atoms with Crippen molar-refractivity contribution in [3.63, 3.8) is 0 Å². The minimum atomic E-state index is 0.577. The molecule has 1 aliphatic rings. The number of aromatic nitrogens is 2. The SMILES string of the molecule is CCc1ccc(CNC2CCCC2n2ccnc2)s1. The first-order chi connectivity index (χ1) is 9.36. The van der Waals surface area contributed by atoms with Gasteiger partial charge in [0.05, 0.1) is 6.33 Å². The maximum Gasteiger partial charge on any atom is 0.0949 e. The third-order valence-electron chi connectivity index (χ3n) is 3.99. The molecule has 0 radical (unpaired) electrons. The molecule has 2 aromatic rings. The third-order valence-corrected chi connectivity index (χ3v) is 5.22. The van der Waals surface area contributed by atoms with E-state index in [2.05, 4.69) is 40.1 Å². The van der Waals surface area contributed by atoms with Crippen molar-refractivity contribution in [1.82, 2.24) is 14.9 Å². The molecule has 102 valence electrons. The predicted octanol–water partition coefficient (Wildman–Crippen LogP) is 3.39. The van der Waals surface area contributed by atoms with Gasteiger partial charge in [-0.1, -0.05) is 6.92 Å². The molecule has 19 heavy (non-hydrogen) atoms. The normalized spacial score (nSPS) is 23.0. The van der Waals surface area contributed by atoms with E-state index < -0.39 is 0 Å². The second-order valence-corrected chi connectivity index (χ2v) is 6.47. The van der Waals surface area contributed by atoms with Gasteiger partial charge in [0.2, 0.25) is 0 Å². The lowest BCUT2D eigenvalue weighted by molar-refractivity contribution is 0.391. The summed E-state index contributed by atoms with van der Waals surface area (Å²) in [5.74, 6) is 0. The van der Waals surface area contributed by atoms with E-state index in [9.17, 15) is 0 Å². The summed E-state index contributed by atoms with van der Waals surface area (Å²) in [4.78, 5) is 7.10. The van der Waals surface area contributed by atoms with Gasteiger partial charge in [0, 0.05) is 40.8 Å². The van der Waals surface area contributed by atoms with Gasteiger partial charge in [0.15, 0.2) is 0 Å². The highest BCUT2D eigenvalue weighted by Crippen LogP contribution is 2.30. The van der Waals surface area contributed by atoms with Crippen LogP contribution in [0, 0.1) is 0 Å². The molecule has 2 unspecified atom stereocenters. The number of imidazole rings is 1. The highest BCUT2D eigenvalue weighted by atomic mass is 32.1. The summed E-state index contributed by atoms with van der Waals surface area (Å²) in [6.07, 6.45) is 10.9. The molecule has 3 nitrogen and oxygen atoms in total. The van der Waals surface area contributed by atoms with E-state index in [0.29, 0.717) is 12.1 Å². The van der Waals surface area contributed by atoms with E-state index in [0.717, 1.165) is 13.0 Å². The van der Waals surface area contributed by atoms with Crippen LogP contribution in [-0.4, -0.2) is 15.6 Å². The maximum absolute atomic E-state index is 4.17. The number of thiophene rings is 1. The molecule has 0 amide bonds. The third kappa shape index (κ3) is 2.90. The molecular weight excluding hydrogens is 254 g/mol. The van der Waals surface area contributed by atoms with Gasteiger partial charge in [-0.2, -0.15) is 0 Å². The molecule has 1 N–H and O–H groups in total. The number of aryl methyl sites for hydroxylation is 1. The van der Waals surface area contributed by atoms with Gasteiger partial charge in [-0.15, -0.1) is 11.3 Å². The number of hydrogen-bond donors (Lipinski definition) is 1. The molecule has 0 spiro atoms. The maximum atomic E-state index is 4.17. The number of nitrogens with one attached hydrogen (secondary N) is 1. The van der Waals surface area contributed by atoms with Crippen molar-refractivity contribution < 1.29 is 0 Å². The van der Waals surface area contributed by atoms with Gasteiger partial charge in [-0.05, 0) is 37.8 Å². The molecule has 0 bridgehead atoms. The fraction of sp³-hybridized carbons (Fsp3) is 0.533. The van der Waals surface area contributed by atoms with E-state index >= 15 is 0 Å². The fourth-order valence-corrected chi connectivity index (χ4v) is 3.85. The Bertz CT molecular complexity index is 503. The van der Waals surface area contributed by atoms with Crippen molar-refractivity contribution in [2.45, 2.75) is 51.2 Å². The van der Waals surface area contributed by atoms with Crippen molar-refractivity contribution in [3.05, 3.63) is 40.6 Å². The highest BCUT2D eigenvalue weighted by Gasteiger charge is 2.27. The average Bonchev–Trinajstić information content (AvgIpc) is 3.16. The molecule has 2 aromatic heterocycles. The van der Waals surface area contributed by atoms with E-state index in [1.807, 2.05) is 23.9 Å². The van der Waals surface area contributed by atoms with Crippen LogP contribution in [0.5, 0.6) is 0 Å². The standard InChI is InChI=1S/C15H21N3S/c1-2-12-6-7-13(19-12)10-17-14-4-3-5-15(14)18-9-8-16-11-18/h6-9,11,14-15,17H,2-5,10H2,1H3. The Morgan fingerprint density at radius 2 is 2.26 bits per heavy atom. The van der Waals surface area contributed by atoms with Gasteiger partial charge < -0.3 is 9.88 Å². The lowest BCUT2D eigenvalue weighted by Crippen LogP contribution is -2.32. The van der Waals surface area contributed by atoms with Crippen LogP contribution in [-0.2, 0) is 13.0 Å². The summed E-state index contributed by atoms with van der Waals surface area (Å²) >= 11 is 1.93. The molecule has 1 saturated carbocycles. The van der Waals surface area contributed by atoms with E-state index in [1.54, 1.807) is 0 Å². The Hall–Kier alpha value is -1.13. The molecule has 2 heterocycles. The Kier molecular flexibility index (Phi) is 3.99. The summed E-state index contributed by atoms with van der Waals surface area (Å²) in [5.41, 5.74) is 0. The molecule has 3 rings (SSSR count). The monoisotopic (exact) mass is 275 g/mol. The second kappa shape index (κ2) is 5.88. The van der Waals surface area contributed by atoms with Gasteiger partial charge in [-0.3, -0.25) is 0 Å². The molecule has 4 heteroatoms. The zero-order valence-corrected chi connectivity index (χ0v) is 12.2. The Morgan fingerprint density at radius 1 is 1.37 bits per heavy atom. The van der Waals surface area contributed by atoms with Gasteiger partial charge in [0.25, 0.3) is 0 Å². The lowest BCUT2D eigenvalue weighted by Gasteiger charge is -2.21. The first-order valence-corrected chi connectivity index (χ1v) is 7.97. The van der Waals surface area contributed by atoms with Crippen LogP contribution in [0.1, 0.15) is 42.0 Å². The van der Waals surface area contributed by atoms with E-state index in [-0.39, 0.29) is 0 Å².